The van der Waals surface area contributed by atoms with E-state index in [9.17, 15) is 32.0 Å². The molecular weight excluding hydrogens is 629 g/mol. The van der Waals surface area contributed by atoms with E-state index < -0.39 is 74.5 Å². The Morgan fingerprint density at radius 3 is 2.64 bits per heavy atom. The molecule has 5 atom stereocenters. The third kappa shape index (κ3) is 6.54. The monoisotopic (exact) mass is 665 g/mol. The first-order chi connectivity index (χ1) is 21.5. The predicted molar refractivity (Wildman–Crippen MR) is 160 cm³/mol. The molecule has 1 saturated heterocycles. The van der Waals surface area contributed by atoms with E-state index >= 15 is 0 Å². The Bertz CT molecular complexity index is 1520. The normalized spacial score (nSPS) is 30.4. The highest BCUT2D eigenvalue weighted by atomic mass is 35.5. The van der Waals surface area contributed by atoms with E-state index in [1.807, 2.05) is 12.2 Å². The van der Waals surface area contributed by atoms with Crippen LogP contribution >= 0.6 is 11.8 Å². The largest absolute Gasteiger partial charge is 0.444 e. The Morgan fingerprint density at radius 2 is 1.91 bits per heavy atom. The van der Waals surface area contributed by atoms with Crippen molar-refractivity contribution in [3.05, 3.63) is 47.3 Å². The number of hydrogen-bond acceptors (Lipinski definition) is 8. The topological polar surface area (TPSA) is 154 Å². The number of carbonyl (C=O) groups is 4. The van der Waals surface area contributed by atoms with Crippen molar-refractivity contribution in [3.8, 4) is 0 Å². The Kier molecular flexibility index (Phi) is 8.83. The molecule has 0 spiro atoms. The molecule has 0 bridgehead atoms. The summed E-state index contributed by atoms with van der Waals surface area (Å²) in [6, 6.07) is 2.73. The highest BCUT2D eigenvalue weighted by molar-refractivity contribution is 7.91. The molecule has 3 heterocycles. The molecule has 244 valence electrons. The van der Waals surface area contributed by atoms with Gasteiger partial charge < -0.3 is 15.0 Å². The summed E-state index contributed by atoms with van der Waals surface area (Å²) in [4.78, 5) is 59.4. The van der Waals surface area contributed by atoms with Crippen LogP contribution in [0, 0.1) is 11.7 Å². The first kappa shape index (κ1) is 31.7. The smallest absolute Gasteiger partial charge is 0.410 e. The molecule has 3 N–H and O–H groups in total. The molecule has 2 aliphatic carbocycles. The zero-order chi connectivity index (χ0) is 31.9. The lowest BCUT2D eigenvalue weighted by Crippen LogP contribution is -2.57. The number of carbonyl (C=O) groups excluding carboxylic acids is 4. The Labute approximate surface area is 266 Å². The van der Waals surface area contributed by atoms with Gasteiger partial charge in [0.15, 0.2) is 0 Å². The maximum absolute atomic E-state index is 14.3. The minimum absolute atomic E-state index is 0.0364. The maximum Gasteiger partial charge on any atom is 0.410 e. The van der Waals surface area contributed by atoms with E-state index in [1.165, 1.54) is 15.9 Å². The molecule has 2 saturated carbocycles. The van der Waals surface area contributed by atoms with Crippen molar-refractivity contribution < 1.29 is 36.7 Å². The number of sulfonamides is 1. The quantitative estimate of drug-likeness (QED) is 0.320. The summed E-state index contributed by atoms with van der Waals surface area (Å²) in [5.74, 6) is -2.74. The van der Waals surface area contributed by atoms with Crippen LogP contribution in [-0.4, -0.2) is 77.6 Å². The average Bonchev–Trinajstić information content (AvgIpc) is 3.88. The molecule has 1 unspecified atom stereocenters. The van der Waals surface area contributed by atoms with Crippen molar-refractivity contribution in [1.82, 2.24) is 24.7 Å². The van der Waals surface area contributed by atoms with Gasteiger partial charge in [0.2, 0.25) is 21.8 Å². The van der Waals surface area contributed by atoms with Gasteiger partial charge in [0.25, 0.3) is 5.91 Å². The summed E-state index contributed by atoms with van der Waals surface area (Å²) in [6.45, 7) is 0.111. The van der Waals surface area contributed by atoms with Gasteiger partial charge in [-0.05, 0) is 61.9 Å². The van der Waals surface area contributed by atoms with Gasteiger partial charge in [0.05, 0.1) is 18.3 Å². The summed E-state index contributed by atoms with van der Waals surface area (Å²) < 4.78 is 47.4. The maximum atomic E-state index is 14.3. The van der Waals surface area contributed by atoms with Gasteiger partial charge in [-0.2, -0.15) is 0 Å². The average molecular weight is 666 g/mol. The van der Waals surface area contributed by atoms with Crippen LogP contribution in [0.2, 0.25) is 0 Å². The third-order valence-corrected chi connectivity index (χ3v) is 11.5. The summed E-state index contributed by atoms with van der Waals surface area (Å²) in [6.07, 6.45) is 6.82. The minimum atomic E-state index is -3.87. The second-order valence-electron chi connectivity index (χ2n) is 12.7. The van der Waals surface area contributed by atoms with E-state index in [0.717, 1.165) is 19.3 Å². The molecule has 0 aromatic heterocycles. The van der Waals surface area contributed by atoms with Crippen LogP contribution in [0.15, 0.2) is 30.4 Å². The van der Waals surface area contributed by atoms with Gasteiger partial charge in [0.1, 0.15) is 29.5 Å². The lowest BCUT2D eigenvalue weighted by molar-refractivity contribution is -0.141. The molecule has 1 aromatic carbocycles. The van der Waals surface area contributed by atoms with Crippen molar-refractivity contribution in [1.29, 1.82) is 0 Å². The van der Waals surface area contributed by atoms with E-state index in [2.05, 4.69) is 14.9 Å². The molecule has 15 heteroatoms. The number of halogens is 2. The zero-order valence-electron chi connectivity index (χ0n) is 24.7. The van der Waals surface area contributed by atoms with E-state index in [1.54, 1.807) is 12.1 Å². The van der Waals surface area contributed by atoms with Crippen LogP contribution in [0.1, 0.15) is 68.9 Å². The van der Waals surface area contributed by atoms with Crippen molar-refractivity contribution in [2.24, 2.45) is 5.92 Å². The van der Waals surface area contributed by atoms with Gasteiger partial charge in [-0.3, -0.25) is 24.0 Å². The van der Waals surface area contributed by atoms with Gasteiger partial charge >= 0.3 is 6.09 Å². The van der Waals surface area contributed by atoms with Gasteiger partial charge in [0, 0.05) is 24.4 Å². The van der Waals surface area contributed by atoms with Crippen LogP contribution < -0.4 is 14.9 Å². The fourth-order valence-electron chi connectivity index (χ4n) is 6.54. The highest BCUT2D eigenvalue weighted by Crippen LogP contribution is 2.46. The summed E-state index contributed by atoms with van der Waals surface area (Å²) in [5.41, 5.74) is -0.397. The molecule has 3 fully saturated rings. The van der Waals surface area contributed by atoms with E-state index in [4.69, 9.17) is 16.5 Å². The highest BCUT2D eigenvalue weighted by Gasteiger charge is 2.62. The summed E-state index contributed by atoms with van der Waals surface area (Å²) in [5, 5.41) is 2.16. The van der Waals surface area contributed by atoms with Crippen LogP contribution in [0.5, 0.6) is 0 Å². The summed E-state index contributed by atoms with van der Waals surface area (Å²) >= 11 is 5.99. The number of allylic oxidation sites excluding steroid dienone is 1. The Balaban J connectivity index is 1.22. The Morgan fingerprint density at radius 1 is 1.11 bits per heavy atom. The third-order valence-electron chi connectivity index (χ3n) is 9.43. The molecule has 6 rings (SSSR count). The number of amides is 4. The van der Waals surface area contributed by atoms with Crippen molar-refractivity contribution >= 4 is 45.6 Å². The standard InChI is InChI=1S/C30H37ClFN5O7S/c31-34-24-10-5-3-1-2-4-8-19-14-30(19,28(40)35-45(42,43)21-11-12-21)33-26(38)25-13-20(16-37(25)27(24)39)44-29(41)36-15-18-7-6-9-23(32)22(18)17-36/h4,6-9,19-21,24-25,34H,1-3,5,10-17H2,(H,33,38)(H,35,40)/t19-,20-,24+,25?,30-/m1/s1. The second kappa shape index (κ2) is 12.5. The lowest BCUT2D eigenvalue weighted by Gasteiger charge is -2.29. The number of ether oxygens (including phenoxy) is 1. The second-order valence-corrected chi connectivity index (χ2v) is 14.8. The number of nitrogens with zero attached hydrogens (tertiary/aromatic N) is 2. The molecule has 1 aromatic rings. The molecule has 12 nitrogen and oxygen atoms in total. The van der Waals surface area contributed by atoms with Gasteiger partial charge in [-0.1, -0.05) is 37.1 Å². The zero-order valence-corrected chi connectivity index (χ0v) is 26.2. The number of fused-ring (bicyclic) bond motifs is 3. The number of nitrogens with one attached hydrogen (secondary N) is 3. The van der Waals surface area contributed by atoms with Crippen LogP contribution in [-0.2, 0) is 42.2 Å². The molecule has 0 radical (unpaired) electrons. The number of rotatable bonds is 5. The van der Waals surface area contributed by atoms with Crippen molar-refractivity contribution in [2.45, 2.75) is 99.9 Å². The first-order valence-electron chi connectivity index (χ1n) is 15.5. The molecular formula is C30H37ClFN5O7S. The number of hydrogen-bond donors (Lipinski definition) is 3. The first-order valence-corrected chi connectivity index (χ1v) is 17.4. The van der Waals surface area contributed by atoms with Gasteiger partial charge in [-0.15, -0.1) is 0 Å². The van der Waals surface area contributed by atoms with Crippen LogP contribution in [0.25, 0.3) is 0 Å². The van der Waals surface area contributed by atoms with E-state index in [0.29, 0.717) is 36.8 Å². The van der Waals surface area contributed by atoms with Crippen molar-refractivity contribution in [2.75, 3.05) is 6.54 Å². The molecule has 45 heavy (non-hydrogen) atoms. The Hall–Kier alpha value is -3.23. The fourth-order valence-corrected chi connectivity index (χ4v) is 8.11. The molecule has 5 aliphatic rings. The lowest BCUT2D eigenvalue weighted by atomic mass is 10.1. The van der Waals surface area contributed by atoms with Crippen LogP contribution in [0.4, 0.5) is 9.18 Å². The number of benzene rings is 1. The fraction of sp³-hybridized carbons (Fsp3) is 0.600. The molecule has 3 aliphatic heterocycles. The summed E-state index contributed by atoms with van der Waals surface area (Å²) in [7, 11) is -3.87. The van der Waals surface area contributed by atoms with Gasteiger partial charge in [-0.25, -0.2) is 22.4 Å². The van der Waals surface area contributed by atoms with E-state index in [-0.39, 0.29) is 32.5 Å². The minimum Gasteiger partial charge on any atom is -0.444 e. The van der Waals surface area contributed by atoms with Crippen molar-refractivity contribution in [3.63, 3.8) is 0 Å². The molecule has 4 amide bonds. The van der Waals surface area contributed by atoms with Crippen LogP contribution in [0.3, 0.4) is 0 Å². The predicted octanol–water partition coefficient (Wildman–Crippen LogP) is 2.36. The SMILES string of the molecule is O=C1N[C@]2(C(=O)NS(=O)(=O)C3CC3)C[C@H]2C=CCCCCC[C@H](NCl)C(=O)N2C[C@H](OC(=O)N3Cc4cccc(F)c4C3)CC12.